The molecule has 0 atom stereocenters. The molecule has 0 saturated heterocycles. The number of hydrogen-bond acceptors (Lipinski definition) is 3. The zero-order chi connectivity index (χ0) is 9.97. The Hall–Kier alpha value is -1.78. The molecule has 0 aromatic carbocycles. The highest BCUT2D eigenvalue weighted by molar-refractivity contribution is 5.25. The number of nitrogens with zero attached hydrogens (tertiary/aromatic N) is 4. The van der Waals surface area contributed by atoms with Crippen molar-refractivity contribution in [1.29, 1.82) is 0 Å². The van der Waals surface area contributed by atoms with Crippen LogP contribution in [-0.2, 0) is 20.6 Å². The van der Waals surface area contributed by atoms with E-state index in [0.29, 0.717) is 0 Å². The first-order valence-electron chi connectivity index (χ1n) is 4.44. The van der Waals surface area contributed by atoms with E-state index in [-0.39, 0.29) is 0 Å². The number of nitrogens with one attached hydrogen (secondary N) is 1. The summed E-state index contributed by atoms with van der Waals surface area (Å²) < 4.78 is 3.87. The number of aryl methyl sites for hydroxylation is 2. The third-order valence-electron chi connectivity index (χ3n) is 2.06. The van der Waals surface area contributed by atoms with Gasteiger partial charge in [-0.1, -0.05) is 0 Å². The van der Waals surface area contributed by atoms with E-state index in [2.05, 4.69) is 27.8 Å². The Labute approximate surface area is 82.4 Å². The summed E-state index contributed by atoms with van der Waals surface area (Å²) in [6.45, 7) is 0.771. The van der Waals surface area contributed by atoms with Crippen molar-refractivity contribution in [2.45, 2.75) is 6.54 Å². The smallest absolute Gasteiger partial charge is 0.224 e. The summed E-state index contributed by atoms with van der Waals surface area (Å²) in [6.07, 6.45) is 5.77. The third kappa shape index (κ3) is 1.76. The molecule has 5 nitrogen and oxygen atoms in total. The summed E-state index contributed by atoms with van der Waals surface area (Å²) in [5, 5.41) is 10.9. The Bertz CT molecular complexity index is 414. The van der Waals surface area contributed by atoms with Crippen LogP contribution in [0.4, 0.5) is 5.95 Å². The van der Waals surface area contributed by atoms with E-state index in [9.17, 15) is 0 Å². The van der Waals surface area contributed by atoms with Gasteiger partial charge in [0.2, 0.25) is 5.95 Å². The molecular formula is C9H13N5. The maximum absolute atomic E-state index is 3.93. The first-order valence-corrected chi connectivity index (χ1v) is 4.44. The molecule has 0 amide bonds. The van der Waals surface area contributed by atoms with Crippen LogP contribution in [0.5, 0.6) is 0 Å². The van der Waals surface area contributed by atoms with E-state index < -0.39 is 0 Å². The first kappa shape index (κ1) is 8.80. The molecule has 2 heterocycles. The van der Waals surface area contributed by atoms with Crippen molar-refractivity contribution in [3.8, 4) is 0 Å². The van der Waals surface area contributed by atoms with Crippen LogP contribution in [0, 0.1) is 0 Å². The largest absolute Gasteiger partial charge is 0.357 e. The van der Waals surface area contributed by atoms with E-state index in [0.717, 1.165) is 12.5 Å². The van der Waals surface area contributed by atoms with Gasteiger partial charge < -0.3 is 14.5 Å². The van der Waals surface area contributed by atoms with E-state index in [1.165, 1.54) is 5.56 Å². The fraction of sp³-hybridized carbons (Fsp3) is 0.333. The maximum Gasteiger partial charge on any atom is 0.224 e. The molecule has 0 unspecified atom stereocenters. The van der Waals surface area contributed by atoms with Crippen LogP contribution in [0.15, 0.2) is 24.8 Å². The van der Waals surface area contributed by atoms with Crippen molar-refractivity contribution in [1.82, 2.24) is 19.3 Å². The van der Waals surface area contributed by atoms with Gasteiger partial charge in [-0.05, 0) is 11.6 Å². The molecule has 0 aliphatic carbocycles. The summed E-state index contributed by atoms with van der Waals surface area (Å²) in [6, 6.07) is 2.07. The maximum atomic E-state index is 3.93. The minimum Gasteiger partial charge on any atom is -0.357 e. The predicted molar refractivity (Wildman–Crippen MR) is 53.7 cm³/mol. The highest BCUT2D eigenvalue weighted by Crippen LogP contribution is 2.04. The number of aromatic nitrogens is 4. The van der Waals surface area contributed by atoms with Crippen molar-refractivity contribution in [3.63, 3.8) is 0 Å². The first-order chi connectivity index (χ1) is 6.75. The molecule has 0 radical (unpaired) electrons. The van der Waals surface area contributed by atoms with E-state index in [1.807, 2.05) is 29.4 Å². The van der Waals surface area contributed by atoms with Crippen LogP contribution in [0.1, 0.15) is 5.56 Å². The molecule has 0 bridgehead atoms. The average Bonchev–Trinajstić information content (AvgIpc) is 2.72. The summed E-state index contributed by atoms with van der Waals surface area (Å²) in [5.41, 5.74) is 1.23. The minimum absolute atomic E-state index is 0.771. The van der Waals surface area contributed by atoms with Crippen LogP contribution in [0.25, 0.3) is 0 Å². The van der Waals surface area contributed by atoms with Crippen molar-refractivity contribution in [2.24, 2.45) is 14.1 Å². The third-order valence-corrected chi connectivity index (χ3v) is 2.06. The number of hydrogen-bond donors (Lipinski definition) is 1. The molecule has 0 fully saturated rings. The van der Waals surface area contributed by atoms with Gasteiger partial charge in [0.05, 0.1) is 0 Å². The Morgan fingerprint density at radius 2 is 2.29 bits per heavy atom. The van der Waals surface area contributed by atoms with Gasteiger partial charge in [0.25, 0.3) is 0 Å². The normalized spacial score (nSPS) is 10.4. The molecule has 2 aromatic rings. The molecule has 74 valence electrons. The lowest BCUT2D eigenvalue weighted by Gasteiger charge is -2.02. The Balaban J connectivity index is 1.98. The van der Waals surface area contributed by atoms with Crippen LogP contribution in [0.3, 0.4) is 0 Å². The average molecular weight is 191 g/mol. The number of rotatable bonds is 3. The topological polar surface area (TPSA) is 47.7 Å². The van der Waals surface area contributed by atoms with Gasteiger partial charge in [-0.25, -0.2) is 0 Å². The van der Waals surface area contributed by atoms with Gasteiger partial charge >= 0.3 is 0 Å². The van der Waals surface area contributed by atoms with Crippen molar-refractivity contribution in [2.75, 3.05) is 5.32 Å². The van der Waals surface area contributed by atoms with E-state index in [4.69, 9.17) is 0 Å². The molecule has 0 saturated carbocycles. The zero-order valence-electron chi connectivity index (χ0n) is 8.31. The molecular weight excluding hydrogens is 178 g/mol. The highest BCUT2D eigenvalue weighted by atomic mass is 15.3. The summed E-state index contributed by atoms with van der Waals surface area (Å²) in [4.78, 5) is 0. The van der Waals surface area contributed by atoms with Crippen LogP contribution < -0.4 is 5.32 Å². The van der Waals surface area contributed by atoms with Crippen molar-refractivity contribution >= 4 is 5.95 Å². The van der Waals surface area contributed by atoms with E-state index >= 15 is 0 Å². The lowest BCUT2D eigenvalue weighted by atomic mass is 10.3. The SMILES string of the molecule is Cn1ccc(CNc2nncn2C)c1. The lowest BCUT2D eigenvalue weighted by Crippen LogP contribution is -2.03. The van der Waals surface area contributed by atoms with Gasteiger partial charge in [0.15, 0.2) is 0 Å². The van der Waals surface area contributed by atoms with Gasteiger partial charge in [-0.15, -0.1) is 10.2 Å². The van der Waals surface area contributed by atoms with Crippen LogP contribution in [-0.4, -0.2) is 19.3 Å². The summed E-state index contributed by atoms with van der Waals surface area (Å²) in [7, 11) is 3.92. The van der Waals surface area contributed by atoms with Crippen LogP contribution >= 0.6 is 0 Å². The highest BCUT2D eigenvalue weighted by Gasteiger charge is 1.99. The van der Waals surface area contributed by atoms with Crippen LogP contribution in [0.2, 0.25) is 0 Å². The summed E-state index contributed by atoms with van der Waals surface area (Å²) in [5.74, 6) is 0.786. The Kier molecular flexibility index (Phi) is 2.22. The van der Waals surface area contributed by atoms with Gasteiger partial charge in [0, 0.05) is 33.0 Å². The minimum atomic E-state index is 0.771. The molecule has 0 aliphatic heterocycles. The van der Waals surface area contributed by atoms with Gasteiger partial charge in [-0.3, -0.25) is 0 Å². The van der Waals surface area contributed by atoms with E-state index in [1.54, 1.807) is 6.33 Å². The molecule has 2 rings (SSSR count). The van der Waals surface area contributed by atoms with Gasteiger partial charge in [0.1, 0.15) is 6.33 Å². The second kappa shape index (κ2) is 3.53. The van der Waals surface area contributed by atoms with Gasteiger partial charge in [-0.2, -0.15) is 0 Å². The predicted octanol–water partition coefficient (Wildman–Crippen LogP) is 0.766. The Morgan fingerprint density at radius 3 is 2.86 bits per heavy atom. The zero-order valence-corrected chi connectivity index (χ0v) is 8.31. The lowest BCUT2D eigenvalue weighted by molar-refractivity contribution is 0.892. The molecule has 14 heavy (non-hydrogen) atoms. The van der Waals surface area contributed by atoms with Crippen molar-refractivity contribution < 1.29 is 0 Å². The standard InChI is InChI=1S/C9H13N5/c1-13-4-3-8(6-13)5-10-9-12-11-7-14(9)2/h3-4,6-7H,5H2,1-2H3,(H,10,12). The fourth-order valence-corrected chi connectivity index (χ4v) is 1.29. The fourth-order valence-electron chi connectivity index (χ4n) is 1.29. The Morgan fingerprint density at radius 1 is 1.43 bits per heavy atom. The quantitative estimate of drug-likeness (QED) is 0.779. The second-order valence-electron chi connectivity index (χ2n) is 3.30. The summed E-state index contributed by atoms with van der Waals surface area (Å²) >= 11 is 0. The molecule has 5 heteroatoms. The monoisotopic (exact) mass is 191 g/mol. The molecule has 2 aromatic heterocycles. The van der Waals surface area contributed by atoms with Crippen molar-refractivity contribution in [3.05, 3.63) is 30.4 Å². The molecule has 0 aliphatic rings. The number of anilines is 1. The second-order valence-corrected chi connectivity index (χ2v) is 3.30. The molecule has 0 spiro atoms. The molecule has 1 N–H and O–H groups in total.